The Morgan fingerprint density at radius 3 is 2.29 bits per heavy atom. The van der Waals surface area contributed by atoms with Gasteiger partial charge >= 0.3 is 0 Å². The quantitative estimate of drug-likeness (QED) is 0.569. The summed E-state index contributed by atoms with van der Waals surface area (Å²) in [6, 6.07) is 5.18. The normalized spacial score (nSPS) is 14.1. The summed E-state index contributed by atoms with van der Waals surface area (Å²) in [7, 11) is 0. The summed E-state index contributed by atoms with van der Waals surface area (Å²) in [5.41, 5.74) is 0.756. The number of nitrogens with zero attached hydrogens (tertiary/aromatic N) is 1. The lowest BCUT2D eigenvalue weighted by molar-refractivity contribution is -0.138. The van der Waals surface area contributed by atoms with E-state index in [9.17, 15) is 19.2 Å². The van der Waals surface area contributed by atoms with Crippen molar-refractivity contribution in [3.8, 4) is 0 Å². The third-order valence-corrected chi connectivity index (χ3v) is 4.63. The molecule has 1 aliphatic heterocycles. The van der Waals surface area contributed by atoms with Crippen LogP contribution in [0.4, 0.5) is 0 Å². The molecule has 1 aliphatic rings. The van der Waals surface area contributed by atoms with Crippen LogP contribution in [0.2, 0.25) is 0 Å². The molecule has 5 heteroatoms. The number of benzene rings is 1. The van der Waals surface area contributed by atoms with E-state index in [4.69, 9.17) is 0 Å². The Morgan fingerprint density at radius 2 is 1.67 bits per heavy atom. The van der Waals surface area contributed by atoms with Gasteiger partial charge in [0.05, 0.1) is 16.5 Å². The van der Waals surface area contributed by atoms with Crippen LogP contribution in [-0.2, 0) is 9.59 Å². The molecule has 128 valence electrons. The highest BCUT2D eigenvalue weighted by molar-refractivity contribution is 6.21. The number of fused-ring (bicyclic) bond motifs is 1. The van der Waals surface area contributed by atoms with Gasteiger partial charge in [0, 0.05) is 19.4 Å². The van der Waals surface area contributed by atoms with Crippen molar-refractivity contribution in [2.75, 3.05) is 6.54 Å². The van der Waals surface area contributed by atoms with Gasteiger partial charge in [0.15, 0.2) is 0 Å². The minimum atomic E-state index is -1.01. The predicted octanol–water partition coefficient (Wildman–Crippen LogP) is 2.95. The Morgan fingerprint density at radius 1 is 1.04 bits per heavy atom. The van der Waals surface area contributed by atoms with Crippen molar-refractivity contribution in [3.63, 3.8) is 0 Å². The van der Waals surface area contributed by atoms with Gasteiger partial charge in [-0.25, -0.2) is 0 Å². The molecule has 0 aromatic heterocycles. The first-order valence-corrected chi connectivity index (χ1v) is 8.23. The topological polar surface area (TPSA) is 71.5 Å². The number of imide groups is 1. The first-order valence-electron chi connectivity index (χ1n) is 8.23. The summed E-state index contributed by atoms with van der Waals surface area (Å²) >= 11 is 0. The van der Waals surface area contributed by atoms with Gasteiger partial charge in [-0.1, -0.05) is 18.6 Å². The Balaban J connectivity index is 1.99. The van der Waals surface area contributed by atoms with Crippen molar-refractivity contribution in [2.45, 2.75) is 47.0 Å². The minimum Gasteiger partial charge on any atom is -0.299 e. The molecule has 1 heterocycles. The number of ketones is 2. The van der Waals surface area contributed by atoms with Gasteiger partial charge in [-0.05, 0) is 39.3 Å². The van der Waals surface area contributed by atoms with Crippen LogP contribution in [0.5, 0.6) is 0 Å². The van der Waals surface area contributed by atoms with Gasteiger partial charge in [-0.15, -0.1) is 0 Å². The van der Waals surface area contributed by atoms with Crippen LogP contribution >= 0.6 is 0 Å². The number of carbonyl (C=O) groups excluding carboxylic acids is 4. The van der Waals surface area contributed by atoms with E-state index in [-0.39, 0.29) is 36.3 Å². The third kappa shape index (κ3) is 3.16. The highest BCUT2D eigenvalue weighted by atomic mass is 16.2. The lowest BCUT2D eigenvalue weighted by Crippen LogP contribution is -2.35. The maximum Gasteiger partial charge on any atom is 0.261 e. The number of rotatable bonds is 7. The summed E-state index contributed by atoms with van der Waals surface area (Å²) in [6.07, 6.45) is 0.853. The summed E-state index contributed by atoms with van der Waals surface area (Å²) in [6.45, 7) is 7.05. The number of hydrogen-bond donors (Lipinski definition) is 0. The maximum absolute atomic E-state index is 12.4. The van der Waals surface area contributed by atoms with Gasteiger partial charge in [-0.3, -0.25) is 24.1 Å². The molecule has 0 bridgehead atoms. The van der Waals surface area contributed by atoms with E-state index in [1.165, 1.54) is 4.90 Å². The molecule has 0 radical (unpaired) electrons. The molecule has 0 saturated carbocycles. The third-order valence-electron chi connectivity index (χ3n) is 4.63. The molecule has 0 spiro atoms. The molecule has 0 saturated heterocycles. The fourth-order valence-corrected chi connectivity index (χ4v) is 2.92. The van der Waals surface area contributed by atoms with Crippen LogP contribution < -0.4 is 0 Å². The number of carbonyl (C=O) groups is 4. The molecule has 0 atom stereocenters. The summed E-state index contributed by atoms with van der Waals surface area (Å²) in [5.74, 6) is -0.869. The number of Topliss-reactive ketones (excluding diaryl/α,β-unsaturated/α-hetero) is 2. The van der Waals surface area contributed by atoms with Crippen molar-refractivity contribution in [3.05, 3.63) is 34.9 Å². The van der Waals surface area contributed by atoms with Gasteiger partial charge in [0.25, 0.3) is 11.8 Å². The van der Waals surface area contributed by atoms with Crippen LogP contribution in [0.3, 0.4) is 0 Å². The zero-order valence-electron chi connectivity index (χ0n) is 14.6. The lowest BCUT2D eigenvalue weighted by atomic mass is 9.80. The van der Waals surface area contributed by atoms with Crippen molar-refractivity contribution < 1.29 is 19.2 Å². The van der Waals surface area contributed by atoms with Crippen molar-refractivity contribution in [2.24, 2.45) is 5.41 Å². The molecular weight excluding hydrogens is 306 g/mol. The van der Waals surface area contributed by atoms with E-state index >= 15 is 0 Å². The molecule has 2 amide bonds. The number of hydrogen-bond acceptors (Lipinski definition) is 4. The zero-order chi connectivity index (χ0) is 18.1. The minimum absolute atomic E-state index is 0.0938. The smallest absolute Gasteiger partial charge is 0.261 e. The van der Waals surface area contributed by atoms with E-state index in [0.717, 1.165) is 5.56 Å². The van der Waals surface area contributed by atoms with Gasteiger partial charge in [-0.2, -0.15) is 0 Å². The second-order valence-electron chi connectivity index (χ2n) is 6.74. The van der Waals surface area contributed by atoms with E-state index in [1.807, 2.05) is 6.92 Å². The summed E-state index contributed by atoms with van der Waals surface area (Å²) in [4.78, 5) is 49.9. The maximum atomic E-state index is 12.4. The van der Waals surface area contributed by atoms with Crippen LogP contribution in [0.15, 0.2) is 18.2 Å². The van der Waals surface area contributed by atoms with E-state index < -0.39 is 5.41 Å². The molecule has 5 nitrogen and oxygen atoms in total. The molecule has 0 aliphatic carbocycles. The highest BCUT2D eigenvalue weighted by Gasteiger charge is 2.36. The van der Waals surface area contributed by atoms with Gasteiger partial charge in [0.2, 0.25) is 0 Å². The SMILES string of the molecule is CCC(=O)C(C)(C)C(=O)CCCN1C(=O)c2ccc(C)cc2C1=O. The Bertz CT molecular complexity index is 718. The largest absolute Gasteiger partial charge is 0.299 e. The summed E-state index contributed by atoms with van der Waals surface area (Å²) in [5, 5.41) is 0. The Hall–Kier alpha value is -2.30. The van der Waals surface area contributed by atoms with Crippen LogP contribution in [0, 0.1) is 12.3 Å². The molecule has 1 aromatic rings. The van der Waals surface area contributed by atoms with Crippen molar-refractivity contribution in [1.29, 1.82) is 0 Å². The molecule has 2 rings (SSSR count). The van der Waals surface area contributed by atoms with Crippen molar-refractivity contribution >= 4 is 23.4 Å². The van der Waals surface area contributed by atoms with Gasteiger partial charge < -0.3 is 0 Å². The predicted molar refractivity (Wildman–Crippen MR) is 89.9 cm³/mol. The standard InChI is InChI=1S/C19H23NO4/c1-5-15(21)19(3,4)16(22)7-6-10-20-17(23)13-9-8-12(2)11-14(13)18(20)24/h8-9,11H,5-7,10H2,1-4H3. The Kier molecular flexibility index (Phi) is 5.02. The van der Waals surface area contributed by atoms with E-state index in [0.29, 0.717) is 24.0 Å². The summed E-state index contributed by atoms with van der Waals surface area (Å²) < 4.78 is 0. The zero-order valence-corrected chi connectivity index (χ0v) is 14.6. The molecule has 0 unspecified atom stereocenters. The lowest BCUT2D eigenvalue weighted by Gasteiger charge is -2.21. The molecule has 0 N–H and O–H groups in total. The molecule has 24 heavy (non-hydrogen) atoms. The van der Waals surface area contributed by atoms with E-state index in [2.05, 4.69) is 0 Å². The second-order valence-corrected chi connectivity index (χ2v) is 6.74. The van der Waals surface area contributed by atoms with Gasteiger partial charge in [0.1, 0.15) is 11.6 Å². The average molecular weight is 329 g/mol. The van der Waals surface area contributed by atoms with Crippen LogP contribution in [0.25, 0.3) is 0 Å². The highest BCUT2D eigenvalue weighted by Crippen LogP contribution is 2.26. The first-order chi connectivity index (χ1) is 11.2. The second kappa shape index (κ2) is 6.67. The monoisotopic (exact) mass is 329 g/mol. The average Bonchev–Trinajstić information content (AvgIpc) is 2.78. The molecular formula is C19H23NO4. The molecule has 0 fully saturated rings. The number of amides is 2. The van der Waals surface area contributed by atoms with Crippen molar-refractivity contribution in [1.82, 2.24) is 4.90 Å². The van der Waals surface area contributed by atoms with Crippen LogP contribution in [-0.4, -0.2) is 34.8 Å². The Labute approximate surface area is 142 Å². The fourth-order valence-electron chi connectivity index (χ4n) is 2.92. The number of aryl methyl sites for hydroxylation is 1. The first kappa shape index (κ1) is 18.0. The fraction of sp³-hybridized carbons (Fsp3) is 0.474. The molecule has 1 aromatic carbocycles. The van der Waals surface area contributed by atoms with Crippen LogP contribution in [0.1, 0.15) is 66.3 Å². The van der Waals surface area contributed by atoms with E-state index in [1.54, 1.807) is 39.0 Å².